The molecule has 14 heavy (non-hydrogen) atoms. The second-order valence-corrected chi connectivity index (χ2v) is 3.12. The molecule has 0 aromatic carbocycles. The maximum Gasteiger partial charge on any atom is 0.0853 e. The summed E-state index contributed by atoms with van der Waals surface area (Å²) >= 11 is 0. The first kappa shape index (κ1) is 10.9. The van der Waals surface area contributed by atoms with Crippen LogP contribution in [0.1, 0.15) is 12.6 Å². The van der Waals surface area contributed by atoms with Crippen molar-refractivity contribution >= 4 is 5.69 Å². The minimum Gasteiger partial charge on any atom is -0.390 e. The number of pyridine rings is 1. The highest BCUT2D eigenvalue weighted by atomic mass is 16.5. The van der Waals surface area contributed by atoms with E-state index in [0.29, 0.717) is 5.69 Å². The molecular weight excluding hydrogens is 180 g/mol. The lowest BCUT2D eigenvalue weighted by Gasteiger charge is -2.11. The smallest absolute Gasteiger partial charge is 0.0853 e. The molecule has 2 N–H and O–H groups in total. The Morgan fingerprint density at radius 2 is 2.43 bits per heavy atom. The lowest BCUT2D eigenvalue weighted by Crippen LogP contribution is -2.18. The van der Waals surface area contributed by atoms with Gasteiger partial charge < -0.3 is 15.2 Å². The summed E-state index contributed by atoms with van der Waals surface area (Å²) in [7, 11) is 1.68. The lowest BCUT2D eigenvalue weighted by molar-refractivity contribution is 0.129. The van der Waals surface area contributed by atoms with Gasteiger partial charge in [0.1, 0.15) is 0 Å². The van der Waals surface area contributed by atoms with Gasteiger partial charge in [-0.05, 0) is 19.1 Å². The van der Waals surface area contributed by atoms with E-state index in [2.05, 4.69) is 10.3 Å². The zero-order valence-corrected chi connectivity index (χ0v) is 8.53. The van der Waals surface area contributed by atoms with Crippen LogP contribution < -0.4 is 5.32 Å². The maximum atomic E-state index is 8.87. The minimum absolute atomic E-state index is 0.0324. The standard InChI is InChI=1S/C10H16N2O2/c1-8(14-2)6-12-9-3-4-11-10(5-9)7-13/h3-5,8,13H,6-7H2,1-2H3,(H,11,12). The van der Waals surface area contributed by atoms with Gasteiger partial charge in [-0.25, -0.2) is 0 Å². The fourth-order valence-electron chi connectivity index (χ4n) is 1.02. The molecule has 0 saturated heterocycles. The normalized spacial score (nSPS) is 12.5. The van der Waals surface area contributed by atoms with Gasteiger partial charge in [0.2, 0.25) is 0 Å². The van der Waals surface area contributed by atoms with Crippen molar-refractivity contribution in [2.75, 3.05) is 19.0 Å². The van der Waals surface area contributed by atoms with Gasteiger partial charge in [0.15, 0.2) is 0 Å². The number of nitrogens with one attached hydrogen (secondary N) is 1. The molecule has 4 heteroatoms. The van der Waals surface area contributed by atoms with E-state index in [-0.39, 0.29) is 12.7 Å². The SMILES string of the molecule is COC(C)CNc1ccnc(CO)c1. The van der Waals surface area contributed by atoms with Crippen molar-refractivity contribution in [2.24, 2.45) is 0 Å². The van der Waals surface area contributed by atoms with Crippen molar-refractivity contribution in [3.8, 4) is 0 Å². The number of aliphatic hydroxyl groups excluding tert-OH is 1. The summed E-state index contributed by atoms with van der Waals surface area (Å²) in [4.78, 5) is 3.98. The number of ether oxygens (including phenoxy) is 1. The number of hydrogen-bond donors (Lipinski definition) is 2. The van der Waals surface area contributed by atoms with E-state index >= 15 is 0 Å². The first-order valence-electron chi connectivity index (χ1n) is 4.58. The van der Waals surface area contributed by atoms with Gasteiger partial charge in [0.25, 0.3) is 0 Å². The van der Waals surface area contributed by atoms with Crippen LogP contribution in [0.3, 0.4) is 0 Å². The van der Waals surface area contributed by atoms with E-state index in [0.717, 1.165) is 12.2 Å². The monoisotopic (exact) mass is 196 g/mol. The molecule has 0 radical (unpaired) electrons. The second-order valence-electron chi connectivity index (χ2n) is 3.12. The Balaban J connectivity index is 2.50. The molecule has 0 saturated carbocycles. The predicted octanol–water partition coefficient (Wildman–Crippen LogP) is 1.02. The number of methoxy groups -OCH3 is 1. The predicted molar refractivity (Wildman–Crippen MR) is 55.1 cm³/mol. The molecule has 1 rings (SSSR count). The van der Waals surface area contributed by atoms with E-state index in [4.69, 9.17) is 9.84 Å². The maximum absolute atomic E-state index is 8.87. The van der Waals surface area contributed by atoms with E-state index < -0.39 is 0 Å². The molecule has 0 aliphatic carbocycles. The Bertz CT molecular complexity index is 279. The van der Waals surface area contributed by atoms with Crippen LogP contribution in [0.15, 0.2) is 18.3 Å². The van der Waals surface area contributed by atoms with Crippen LogP contribution in [-0.2, 0) is 11.3 Å². The van der Waals surface area contributed by atoms with Crippen LogP contribution in [0.25, 0.3) is 0 Å². The van der Waals surface area contributed by atoms with Crippen molar-refractivity contribution in [1.29, 1.82) is 0 Å². The zero-order chi connectivity index (χ0) is 10.4. The molecule has 0 aliphatic rings. The van der Waals surface area contributed by atoms with Crippen LogP contribution in [0.4, 0.5) is 5.69 Å². The van der Waals surface area contributed by atoms with Gasteiger partial charge in [-0.2, -0.15) is 0 Å². The van der Waals surface area contributed by atoms with E-state index in [1.807, 2.05) is 19.1 Å². The molecule has 1 atom stereocenters. The summed E-state index contributed by atoms with van der Waals surface area (Å²) in [5.41, 5.74) is 1.62. The number of rotatable bonds is 5. The van der Waals surface area contributed by atoms with E-state index in [9.17, 15) is 0 Å². The molecule has 0 spiro atoms. The molecule has 0 aliphatic heterocycles. The van der Waals surface area contributed by atoms with Gasteiger partial charge in [-0.1, -0.05) is 0 Å². The highest BCUT2D eigenvalue weighted by Crippen LogP contribution is 2.07. The van der Waals surface area contributed by atoms with Crippen LogP contribution in [0, 0.1) is 0 Å². The highest BCUT2D eigenvalue weighted by molar-refractivity contribution is 5.43. The lowest BCUT2D eigenvalue weighted by atomic mass is 10.3. The van der Waals surface area contributed by atoms with Crippen molar-refractivity contribution in [2.45, 2.75) is 19.6 Å². The summed E-state index contributed by atoms with van der Waals surface area (Å²) < 4.78 is 5.10. The third-order valence-corrected chi connectivity index (χ3v) is 1.97. The summed E-state index contributed by atoms with van der Waals surface area (Å²) in [6, 6.07) is 3.68. The first-order valence-corrected chi connectivity index (χ1v) is 4.58. The number of hydrogen-bond acceptors (Lipinski definition) is 4. The van der Waals surface area contributed by atoms with Gasteiger partial charge in [0.05, 0.1) is 18.4 Å². The van der Waals surface area contributed by atoms with Gasteiger partial charge in [0, 0.05) is 25.5 Å². The Labute approximate surface area is 83.9 Å². The van der Waals surface area contributed by atoms with Crippen LogP contribution >= 0.6 is 0 Å². The van der Waals surface area contributed by atoms with Gasteiger partial charge in [-0.15, -0.1) is 0 Å². The van der Waals surface area contributed by atoms with Crippen molar-refractivity contribution in [3.63, 3.8) is 0 Å². The van der Waals surface area contributed by atoms with Crippen molar-refractivity contribution in [3.05, 3.63) is 24.0 Å². The van der Waals surface area contributed by atoms with E-state index in [1.54, 1.807) is 13.3 Å². The van der Waals surface area contributed by atoms with Gasteiger partial charge in [-0.3, -0.25) is 4.98 Å². The average molecular weight is 196 g/mol. The minimum atomic E-state index is -0.0324. The van der Waals surface area contributed by atoms with Gasteiger partial charge >= 0.3 is 0 Å². The summed E-state index contributed by atoms with van der Waals surface area (Å²) in [5.74, 6) is 0. The number of nitrogens with zero attached hydrogens (tertiary/aromatic N) is 1. The fraction of sp³-hybridized carbons (Fsp3) is 0.500. The molecule has 78 valence electrons. The molecule has 1 aromatic heterocycles. The molecule has 0 amide bonds. The average Bonchev–Trinajstić information content (AvgIpc) is 2.26. The van der Waals surface area contributed by atoms with Crippen LogP contribution in [-0.4, -0.2) is 29.8 Å². The molecule has 0 fully saturated rings. The Kier molecular flexibility index (Phi) is 4.35. The highest BCUT2D eigenvalue weighted by Gasteiger charge is 1.99. The summed E-state index contributed by atoms with van der Waals surface area (Å²) in [6.45, 7) is 2.70. The van der Waals surface area contributed by atoms with Crippen molar-refractivity contribution < 1.29 is 9.84 Å². The third-order valence-electron chi connectivity index (χ3n) is 1.97. The molecule has 1 heterocycles. The largest absolute Gasteiger partial charge is 0.390 e. The summed E-state index contributed by atoms with van der Waals surface area (Å²) in [6.07, 6.45) is 1.84. The quantitative estimate of drug-likeness (QED) is 0.738. The van der Waals surface area contributed by atoms with Crippen molar-refractivity contribution in [1.82, 2.24) is 4.98 Å². The molecular formula is C10H16N2O2. The third kappa shape index (κ3) is 3.32. The van der Waals surface area contributed by atoms with Crippen LogP contribution in [0.2, 0.25) is 0 Å². The second kappa shape index (κ2) is 5.57. The zero-order valence-electron chi connectivity index (χ0n) is 8.53. The summed E-state index contributed by atoms with van der Waals surface area (Å²) in [5, 5.41) is 12.1. The Hall–Kier alpha value is -1.13. The Morgan fingerprint density at radius 1 is 1.64 bits per heavy atom. The number of aromatic nitrogens is 1. The fourth-order valence-corrected chi connectivity index (χ4v) is 1.02. The first-order chi connectivity index (χ1) is 6.76. The molecule has 1 aromatic rings. The number of anilines is 1. The van der Waals surface area contributed by atoms with Crippen LogP contribution in [0.5, 0.6) is 0 Å². The Morgan fingerprint density at radius 3 is 3.07 bits per heavy atom. The number of aliphatic hydroxyl groups is 1. The molecule has 4 nitrogen and oxygen atoms in total. The van der Waals surface area contributed by atoms with E-state index in [1.165, 1.54) is 0 Å². The topological polar surface area (TPSA) is 54.4 Å². The molecule has 0 bridgehead atoms. The molecule has 1 unspecified atom stereocenters.